The molecule has 2 aromatic heterocycles. The number of benzene rings is 1. The van der Waals surface area contributed by atoms with Crippen LogP contribution in [-0.2, 0) is 19.6 Å². The van der Waals surface area contributed by atoms with Gasteiger partial charge in [0.1, 0.15) is 5.82 Å². The molecular weight excluding hydrogens is 414 g/mol. The molecule has 0 radical (unpaired) electrons. The summed E-state index contributed by atoms with van der Waals surface area (Å²) in [5, 5.41) is 10.2. The summed E-state index contributed by atoms with van der Waals surface area (Å²) in [5.74, 6) is 0.845. The van der Waals surface area contributed by atoms with E-state index in [0.29, 0.717) is 13.2 Å². The van der Waals surface area contributed by atoms with Gasteiger partial charge in [-0.2, -0.15) is 0 Å². The number of hydrogen-bond acceptors (Lipinski definition) is 6. The molecule has 3 aromatic rings. The zero-order valence-corrected chi connectivity index (χ0v) is 17.8. The highest BCUT2D eigenvalue weighted by Gasteiger charge is 2.35. The molecule has 1 saturated heterocycles. The number of fused-ring (bicyclic) bond motifs is 1. The van der Waals surface area contributed by atoms with E-state index in [0.717, 1.165) is 11.4 Å². The minimum atomic E-state index is -3.29. The standard InChI is InChI=1S/C18H21N3O3S2.CH2O2/c1-20(2)26(22,23)12-13-9-24-10-16(13)21-8-7-19-18(21)15-11-25-17-6-4-3-5-14(15)17;2-1-3/h3-8,11,13,16H,9-10,12H2,1-2H3;1H,(H,2,3)/t13-,16-;/m1./s1. The van der Waals surface area contributed by atoms with Crippen molar-refractivity contribution < 1.29 is 23.1 Å². The van der Waals surface area contributed by atoms with Gasteiger partial charge in [0.2, 0.25) is 10.0 Å². The molecule has 0 bridgehead atoms. The summed E-state index contributed by atoms with van der Waals surface area (Å²) in [6.07, 6.45) is 3.70. The molecule has 1 aliphatic heterocycles. The maximum absolute atomic E-state index is 12.3. The van der Waals surface area contributed by atoms with E-state index in [1.165, 1.54) is 14.4 Å². The molecule has 8 nitrogen and oxygen atoms in total. The number of nitrogens with zero attached hydrogens (tertiary/aromatic N) is 3. The van der Waals surface area contributed by atoms with E-state index >= 15 is 0 Å². The van der Waals surface area contributed by atoms with Gasteiger partial charge in [-0.05, 0) is 6.07 Å². The van der Waals surface area contributed by atoms with Gasteiger partial charge >= 0.3 is 0 Å². The molecule has 1 N–H and O–H groups in total. The Kier molecular flexibility index (Phi) is 6.68. The van der Waals surface area contributed by atoms with Crippen molar-refractivity contribution in [2.24, 2.45) is 5.92 Å². The molecular formula is C19H23N3O5S2. The first-order valence-corrected chi connectivity index (χ1v) is 11.4. The van der Waals surface area contributed by atoms with Crippen LogP contribution in [0, 0.1) is 5.92 Å². The number of thiophene rings is 1. The average Bonchev–Trinajstić information content (AvgIpc) is 3.40. The summed E-state index contributed by atoms with van der Waals surface area (Å²) in [6, 6.07) is 8.21. The highest BCUT2D eigenvalue weighted by atomic mass is 32.2. The molecule has 0 saturated carbocycles. The molecule has 0 amide bonds. The lowest BCUT2D eigenvalue weighted by Crippen LogP contribution is -2.32. The summed E-state index contributed by atoms with van der Waals surface area (Å²) < 4.78 is 34.9. The van der Waals surface area contributed by atoms with E-state index in [-0.39, 0.29) is 24.2 Å². The van der Waals surface area contributed by atoms with Gasteiger partial charge in [-0.1, -0.05) is 18.2 Å². The molecule has 10 heteroatoms. The van der Waals surface area contributed by atoms with Gasteiger partial charge < -0.3 is 14.4 Å². The van der Waals surface area contributed by atoms with Crippen molar-refractivity contribution in [3.8, 4) is 11.4 Å². The fourth-order valence-electron chi connectivity index (χ4n) is 3.41. The number of aromatic nitrogens is 2. The highest BCUT2D eigenvalue weighted by Crippen LogP contribution is 2.36. The molecule has 1 aliphatic rings. The minimum absolute atomic E-state index is 0.0408. The van der Waals surface area contributed by atoms with E-state index in [9.17, 15) is 8.42 Å². The Morgan fingerprint density at radius 3 is 2.79 bits per heavy atom. The molecule has 2 atom stereocenters. The van der Waals surface area contributed by atoms with Gasteiger partial charge in [-0.25, -0.2) is 17.7 Å². The molecule has 4 rings (SSSR count). The Hall–Kier alpha value is -2.27. The predicted octanol–water partition coefficient (Wildman–Crippen LogP) is 2.54. The van der Waals surface area contributed by atoms with Crippen molar-refractivity contribution >= 4 is 37.9 Å². The van der Waals surface area contributed by atoms with Gasteiger partial charge in [-0.15, -0.1) is 11.3 Å². The van der Waals surface area contributed by atoms with E-state index in [4.69, 9.17) is 14.6 Å². The number of carbonyl (C=O) groups is 1. The van der Waals surface area contributed by atoms with Crippen LogP contribution in [-0.4, -0.2) is 66.9 Å². The average molecular weight is 438 g/mol. The van der Waals surface area contributed by atoms with Crippen LogP contribution in [0.25, 0.3) is 21.5 Å². The van der Waals surface area contributed by atoms with E-state index in [1.54, 1.807) is 31.6 Å². The van der Waals surface area contributed by atoms with Gasteiger partial charge in [0.15, 0.2) is 0 Å². The summed E-state index contributed by atoms with van der Waals surface area (Å²) in [5.41, 5.74) is 1.08. The maximum Gasteiger partial charge on any atom is 0.290 e. The lowest BCUT2D eigenvalue weighted by atomic mass is 10.1. The third-order valence-corrected chi connectivity index (χ3v) is 7.82. The van der Waals surface area contributed by atoms with Crippen LogP contribution < -0.4 is 0 Å². The third-order valence-electron chi connectivity index (χ3n) is 4.89. The zero-order chi connectivity index (χ0) is 21.0. The van der Waals surface area contributed by atoms with Crippen LogP contribution in [0.1, 0.15) is 6.04 Å². The molecule has 3 heterocycles. The van der Waals surface area contributed by atoms with Crippen molar-refractivity contribution in [1.29, 1.82) is 0 Å². The van der Waals surface area contributed by atoms with Crippen LogP contribution in [0.15, 0.2) is 42.0 Å². The number of ether oxygens (including phenoxy) is 1. The molecule has 1 aromatic carbocycles. The van der Waals surface area contributed by atoms with Gasteiger partial charge in [0.05, 0.1) is 25.0 Å². The lowest BCUT2D eigenvalue weighted by Gasteiger charge is -2.22. The Morgan fingerprint density at radius 1 is 1.34 bits per heavy atom. The quantitative estimate of drug-likeness (QED) is 0.616. The van der Waals surface area contributed by atoms with Crippen LogP contribution in [0.4, 0.5) is 0 Å². The Labute approximate surface area is 173 Å². The number of rotatable bonds is 5. The summed E-state index contributed by atoms with van der Waals surface area (Å²) in [7, 11) is -0.146. The second kappa shape index (κ2) is 9.04. The van der Waals surface area contributed by atoms with Crippen LogP contribution in [0.2, 0.25) is 0 Å². The molecule has 29 heavy (non-hydrogen) atoms. The van der Waals surface area contributed by atoms with Crippen molar-refractivity contribution in [2.75, 3.05) is 33.1 Å². The maximum atomic E-state index is 12.3. The minimum Gasteiger partial charge on any atom is -0.483 e. The first-order valence-electron chi connectivity index (χ1n) is 8.94. The topological polar surface area (TPSA) is 102 Å². The fourth-order valence-corrected chi connectivity index (χ4v) is 5.51. The van der Waals surface area contributed by atoms with Gasteiger partial charge in [0.25, 0.3) is 6.47 Å². The largest absolute Gasteiger partial charge is 0.483 e. The second-order valence-corrected chi connectivity index (χ2v) is 9.97. The summed E-state index contributed by atoms with van der Waals surface area (Å²) in [4.78, 5) is 12.9. The summed E-state index contributed by atoms with van der Waals surface area (Å²) in [6.45, 7) is 0.693. The summed E-state index contributed by atoms with van der Waals surface area (Å²) >= 11 is 1.69. The third kappa shape index (κ3) is 4.50. The second-order valence-electron chi connectivity index (χ2n) is 6.83. The number of sulfonamides is 1. The van der Waals surface area contributed by atoms with Crippen LogP contribution in [0.3, 0.4) is 0 Å². The van der Waals surface area contributed by atoms with Gasteiger partial charge in [-0.3, -0.25) is 4.79 Å². The normalized spacial score (nSPS) is 19.3. The monoisotopic (exact) mass is 437 g/mol. The SMILES string of the molecule is CN(C)S(=O)(=O)C[C@H]1COC[C@H]1n1ccnc1-c1csc2ccccc12.O=CO. The van der Waals surface area contributed by atoms with Crippen molar-refractivity contribution in [3.63, 3.8) is 0 Å². The fraction of sp³-hybridized carbons (Fsp3) is 0.368. The number of imidazole rings is 1. The number of carboxylic acid groups (broad SMARTS) is 1. The zero-order valence-electron chi connectivity index (χ0n) is 16.1. The molecule has 156 valence electrons. The Morgan fingerprint density at radius 2 is 2.07 bits per heavy atom. The molecule has 0 unspecified atom stereocenters. The Balaban J connectivity index is 0.000000755. The first-order chi connectivity index (χ1) is 13.9. The van der Waals surface area contributed by atoms with Gasteiger partial charge in [0, 0.05) is 53.4 Å². The number of hydrogen-bond donors (Lipinski definition) is 1. The lowest BCUT2D eigenvalue weighted by molar-refractivity contribution is -0.122. The molecule has 0 spiro atoms. The molecule has 1 fully saturated rings. The van der Waals surface area contributed by atoms with E-state index in [1.807, 2.05) is 18.3 Å². The van der Waals surface area contributed by atoms with Crippen LogP contribution in [0.5, 0.6) is 0 Å². The Bertz CT molecular complexity index is 1070. The van der Waals surface area contributed by atoms with E-state index < -0.39 is 10.0 Å². The first kappa shape index (κ1) is 21.4. The van der Waals surface area contributed by atoms with Crippen LogP contribution >= 0.6 is 11.3 Å². The predicted molar refractivity (Wildman–Crippen MR) is 113 cm³/mol. The smallest absolute Gasteiger partial charge is 0.290 e. The molecule has 0 aliphatic carbocycles. The van der Waals surface area contributed by atoms with E-state index in [2.05, 4.69) is 27.1 Å². The van der Waals surface area contributed by atoms with Crippen molar-refractivity contribution in [3.05, 3.63) is 42.0 Å². The highest BCUT2D eigenvalue weighted by molar-refractivity contribution is 7.89. The van der Waals surface area contributed by atoms with Crippen molar-refractivity contribution in [2.45, 2.75) is 6.04 Å². The van der Waals surface area contributed by atoms with Crippen molar-refractivity contribution in [1.82, 2.24) is 13.9 Å².